The van der Waals surface area contributed by atoms with E-state index in [4.69, 9.17) is 5.73 Å². The Morgan fingerprint density at radius 2 is 1.90 bits per heavy atom. The summed E-state index contributed by atoms with van der Waals surface area (Å²) in [5.41, 5.74) is 7.33. The molecule has 1 aromatic carbocycles. The van der Waals surface area contributed by atoms with Crippen LogP contribution in [0.3, 0.4) is 0 Å². The molecule has 110 valence electrons. The number of nitrogens with zero attached hydrogens (tertiary/aromatic N) is 1. The van der Waals surface area contributed by atoms with Crippen molar-refractivity contribution in [3.05, 3.63) is 24.3 Å². The second-order valence-corrected chi connectivity index (χ2v) is 6.51. The third kappa shape index (κ3) is 2.82. The number of rotatable bonds is 4. The van der Waals surface area contributed by atoms with Gasteiger partial charge in [-0.2, -0.15) is 0 Å². The molecular weight excluding hydrogens is 248 g/mol. The van der Waals surface area contributed by atoms with Gasteiger partial charge in [-0.1, -0.05) is 38.8 Å². The van der Waals surface area contributed by atoms with Crippen LogP contribution in [-0.2, 0) is 4.79 Å². The minimum Gasteiger partial charge on any atom is -0.397 e. The predicted molar refractivity (Wildman–Crippen MR) is 84.6 cm³/mol. The molecule has 0 radical (unpaired) electrons. The minimum atomic E-state index is -0.175. The molecule has 0 spiro atoms. The first-order chi connectivity index (χ1) is 9.46. The van der Waals surface area contributed by atoms with Gasteiger partial charge in [-0.3, -0.25) is 4.79 Å². The SMILES string of the molecule is CC(C)CC1(C(=O)N(C)c2ccccc2N)CCCC1. The molecule has 0 atom stereocenters. The van der Waals surface area contributed by atoms with E-state index in [0.29, 0.717) is 11.6 Å². The van der Waals surface area contributed by atoms with Gasteiger partial charge in [0.25, 0.3) is 0 Å². The maximum Gasteiger partial charge on any atom is 0.233 e. The fraction of sp³-hybridized carbons (Fsp3) is 0.588. The third-order valence-electron chi connectivity index (χ3n) is 4.42. The van der Waals surface area contributed by atoms with E-state index >= 15 is 0 Å². The van der Waals surface area contributed by atoms with Gasteiger partial charge in [0.05, 0.1) is 11.4 Å². The Morgan fingerprint density at radius 1 is 1.30 bits per heavy atom. The maximum absolute atomic E-state index is 13.0. The lowest BCUT2D eigenvalue weighted by Crippen LogP contribution is -2.41. The molecule has 0 saturated heterocycles. The Hall–Kier alpha value is -1.51. The van der Waals surface area contributed by atoms with E-state index < -0.39 is 0 Å². The number of carbonyl (C=O) groups excluding carboxylic acids is 1. The summed E-state index contributed by atoms with van der Waals surface area (Å²) in [6, 6.07) is 7.60. The Kier molecular flexibility index (Phi) is 4.36. The molecule has 1 saturated carbocycles. The van der Waals surface area contributed by atoms with Crippen molar-refractivity contribution < 1.29 is 4.79 Å². The number of anilines is 2. The van der Waals surface area contributed by atoms with Crippen LogP contribution < -0.4 is 10.6 Å². The van der Waals surface area contributed by atoms with Gasteiger partial charge < -0.3 is 10.6 Å². The zero-order chi connectivity index (χ0) is 14.8. The molecule has 0 unspecified atom stereocenters. The average Bonchev–Trinajstić information content (AvgIpc) is 2.86. The second kappa shape index (κ2) is 5.86. The molecule has 0 aliphatic heterocycles. The van der Waals surface area contributed by atoms with Gasteiger partial charge in [-0.25, -0.2) is 0 Å². The van der Waals surface area contributed by atoms with Gasteiger partial charge in [0, 0.05) is 12.5 Å². The van der Waals surface area contributed by atoms with Crippen molar-refractivity contribution in [2.24, 2.45) is 11.3 Å². The van der Waals surface area contributed by atoms with Gasteiger partial charge in [-0.15, -0.1) is 0 Å². The van der Waals surface area contributed by atoms with Gasteiger partial charge in [0.15, 0.2) is 0 Å². The lowest BCUT2D eigenvalue weighted by Gasteiger charge is -2.34. The van der Waals surface area contributed by atoms with Crippen molar-refractivity contribution >= 4 is 17.3 Å². The minimum absolute atomic E-state index is 0.175. The summed E-state index contributed by atoms with van der Waals surface area (Å²) in [5.74, 6) is 0.778. The summed E-state index contributed by atoms with van der Waals surface area (Å²) in [5, 5.41) is 0. The van der Waals surface area contributed by atoms with Crippen LogP contribution in [0.25, 0.3) is 0 Å². The number of carbonyl (C=O) groups is 1. The molecule has 3 heteroatoms. The molecule has 0 bridgehead atoms. The largest absolute Gasteiger partial charge is 0.397 e. The standard InChI is InChI=1S/C17H26N2O/c1-13(2)12-17(10-6-7-11-17)16(20)19(3)15-9-5-4-8-14(15)18/h4-5,8-9,13H,6-7,10-12,18H2,1-3H3. The molecule has 1 amide bonds. The topological polar surface area (TPSA) is 46.3 Å². The summed E-state index contributed by atoms with van der Waals surface area (Å²) in [7, 11) is 1.86. The zero-order valence-corrected chi connectivity index (χ0v) is 12.9. The first-order valence-corrected chi connectivity index (χ1v) is 7.59. The summed E-state index contributed by atoms with van der Waals surface area (Å²) in [6.07, 6.45) is 5.33. The molecule has 2 N–H and O–H groups in total. The molecule has 2 rings (SSSR count). The molecule has 3 nitrogen and oxygen atoms in total. The number of amides is 1. The summed E-state index contributed by atoms with van der Waals surface area (Å²) < 4.78 is 0. The van der Waals surface area contributed by atoms with E-state index in [0.717, 1.165) is 37.8 Å². The summed E-state index contributed by atoms with van der Waals surface area (Å²) >= 11 is 0. The number of hydrogen-bond acceptors (Lipinski definition) is 2. The molecule has 0 aromatic heterocycles. The number of hydrogen-bond donors (Lipinski definition) is 1. The lowest BCUT2D eigenvalue weighted by molar-refractivity contribution is -0.128. The van der Waals surface area contributed by atoms with Crippen LogP contribution in [0.2, 0.25) is 0 Å². The molecule has 1 fully saturated rings. The van der Waals surface area contributed by atoms with Gasteiger partial charge in [0.2, 0.25) is 5.91 Å². The first kappa shape index (κ1) is 14.9. The quantitative estimate of drug-likeness (QED) is 0.848. The molecular formula is C17H26N2O. The summed E-state index contributed by atoms with van der Waals surface area (Å²) in [6.45, 7) is 4.40. The van der Waals surface area contributed by atoms with Crippen LogP contribution in [0.1, 0.15) is 46.0 Å². The third-order valence-corrected chi connectivity index (χ3v) is 4.42. The van der Waals surface area contributed by atoms with E-state index in [1.807, 2.05) is 31.3 Å². The van der Waals surface area contributed by atoms with Gasteiger partial charge in [-0.05, 0) is 37.3 Å². The van der Waals surface area contributed by atoms with Crippen molar-refractivity contribution in [3.8, 4) is 0 Å². The van der Waals surface area contributed by atoms with Crippen molar-refractivity contribution in [1.82, 2.24) is 0 Å². The first-order valence-electron chi connectivity index (χ1n) is 7.59. The van der Waals surface area contributed by atoms with Crippen molar-refractivity contribution in [2.75, 3.05) is 17.7 Å². The van der Waals surface area contributed by atoms with Crippen molar-refractivity contribution in [1.29, 1.82) is 0 Å². The van der Waals surface area contributed by atoms with Crippen molar-refractivity contribution in [3.63, 3.8) is 0 Å². The highest BCUT2D eigenvalue weighted by molar-refractivity contribution is 5.99. The second-order valence-electron chi connectivity index (χ2n) is 6.51. The summed E-state index contributed by atoms with van der Waals surface area (Å²) in [4.78, 5) is 14.8. The number of nitrogen functional groups attached to an aromatic ring is 1. The highest BCUT2D eigenvalue weighted by atomic mass is 16.2. The van der Waals surface area contributed by atoms with Crippen molar-refractivity contribution in [2.45, 2.75) is 46.0 Å². The normalized spacial score (nSPS) is 17.4. The van der Waals surface area contributed by atoms with E-state index in [2.05, 4.69) is 13.8 Å². The molecule has 20 heavy (non-hydrogen) atoms. The fourth-order valence-electron chi connectivity index (χ4n) is 3.60. The molecule has 1 aliphatic rings. The van der Waals surface area contributed by atoms with Crippen LogP contribution in [0, 0.1) is 11.3 Å². The molecule has 0 heterocycles. The van der Waals surface area contributed by atoms with E-state index in [1.54, 1.807) is 4.90 Å². The van der Waals surface area contributed by atoms with Crippen LogP contribution in [-0.4, -0.2) is 13.0 Å². The van der Waals surface area contributed by atoms with E-state index in [1.165, 1.54) is 0 Å². The molecule has 1 aromatic rings. The predicted octanol–water partition coefficient (Wildman–Crippen LogP) is 3.84. The Balaban J connectivity index is 2.26. The van der Waals surface area contributed by atoms with Crippen LogP contribution in [0.4, 0.5) is 11.4 Å². The average molecular weight is 274 g/mol. The fourth-order valence-corrected chi connectivity index (χ4v) is 3.60. The van der Waals surface area contributed by atoms with Crippen LogP contribution in [0.15, 0.2) is 24.3 Å². The monoisotopic (exact) mass is 274 g/mol. The van der Waals surface area contributed by atoms with Gasteiger partial charge in [0.1, 0.15) is 0 Å². The Bertz CT molecular complexity index is 476. The smallest absolute Gasteiger partial charge is 0.233 e. The highest BCUT2D eigenvalue weighted by Gasteiger charge is 2.43. The number of nitrogens with two attached hydrogens (primary N) is 1. The lowest BCUT2D eigenvalue weighted by atomic mass is 9.77. The maximum atomic E-state index is 13.0. The highest BCUT2D eigenvalue weighted by Crippen LogP contribution is 2.45. The Morgan fingerprint density at radius 3 is 2.45 bits per heavy atom. The van der Waals surface area contributed by atoms with E-state index in [9.17, 15) is 4.79 Å². The number of para-hydroxylation sites is 2. The number of benzene rings is 1. The van der Waals surface area contributed by atoms with Crippen LogP contribution in [0.5, 0.6) is 0 Å². The zero-order valence-electron chi connectivity index (χ0n) is 12.9. The molecule has 1 aliphatic carbocycles. The van der Waals surface area contributed by atoms with E-state index in [-0.39, 0.29) is 11.3 Å². The van der Waals surface area contributed by atoms with Crippen LogP contribution >= 0.6 is 0 Å². The van der Waals surface area contributed by atoms with Gasteiger partial charge >= 0.3 is 0 Å². The Labute approximate surface area is 122 Å².